The molecule has 0 N–H and O–H groups in total. The van der Waals surface area contributed by atoms with Crippen molar-refractivity contribution in [3.8, 4) is 0 Å². The first kappa shape index (κ1) is 16.4. The Labute approximate surface area is 136 Å². The molecule has 2 saturated heterocycles. The van der Waals surface area contributed by atoms with Gasteiger partial charge in [-0.05, 0) is 17.7 Å². The van der Waals surface area contributed by atoms with Crippen molar-refractivity contribution in [1.82, 2.24) is 14.7 Å². The number of amides is 1. The number of hydrogen-bond acceptors (Lipinski definition) is 4. The van der Waals surface area contributed by atoms with Gasteiger partial charge < -0.3 is 9.64 Å². The average Bonchev–Trinajstić information content (AvgIpc) is 2.56. The van der Waals surface area contributed by atoms with Crippen molar-refractivity contribution < 1.29 is 13.9 Å². The first-order valence-electron chi connectivity index (χ1n) is 8.25. The minimum absolute atomic E-state index is 0.193. The summed E-state index contributed by atoms with van der Waals surface area (Å²) in [6, 6.07) is 6.73. The molecule has 1 amide bonds. The van der Waals surface area contributed by atoms with Crippen LogP contribution in [0.25, 0.3) is 0 Å². The topological polar surface area (TPSA) is 36.0 Å². The van der Waals surface area contributed by atoms with E-state index in [2.05, 4.69) is 9.80 Å². The van der Waals surface area contributed by atoms with Gasteiger partial charge in [0, 0.05) is 45.8 Å². The Balaban J connectivity index is 1.43. The summed E-state index contributed by atoms with van der Waals surface area (Å²) in [5.41, 5.74) is 0.984. The van der Waals surface area contributed by atoms with E-state index in [0.29, 0.717) is 19.8 Å². The van der Waals surface area contributed by atoms with Gasteiger partial charge in [0.05, 0.1) is 19.8 Å². The molecule has 2 aliphatic rings. The molecule has 126 valence electrons. The van der Waals surface area contributed by atoms with Crippen LogP contribution in [0.5, 0.6) is 0 Å². The molecule has 23 heavy (non-hydrogen) atoms. The van der Waals surface area contributed by atoms with Gasteiger partial charge in [0.25, 0.3) is 0 Å². The van der Waals surface area contributed by atoms with Gasteiger partial charge in [0.15, 0.2) is 0 Å². The fraction of sp³-hybridized carbons (Fsp3) is 0.588. The molecule has 5 nitrogen and oxygen atoms in total. The van der Waals surface area contributed by atoms with Crippen LogP contribution in [0.3, 0.4) is 0 Å². The highest BCUT2D eigenvalue weighted by molar-refractivity contribution is 5.78. The third-order valence-electron chi connectivity index (χ3n) is 4.48. The number of ether oxygens (including phenoxy) is 1. The molecule has 0 aromatic heterocycles. The van der Waals surface area contributed by atoms with Crippen molar-refractivity contribution in [2.75, 3.05) is 59.0 Å². The lowest BCUT2D eigenvalue weighted by Gasteiger charge is -2.36. The Morgan fingerprint density at radius 1 is 1.04 bits per heavy atom. The van der Waals surface area contributed by atoms with Gasteiger partial charge in [-0.1, -0.05) is 12.1 Å². The molecule has 6 heteroatoms. The molecule has 0 saturated carbocycles. The minimum atomic E-state index is -0.193. The van der Waals surface area contributed by atoms with Crippen LogP contribution in [0.15, 0.2) is 24.3 Å². The van der Waals surface area contributed by atoms with Crippen LogP contribution in [-0.2, 0) is 16.1 Å². The lowest BCUT2D eigenvalue weighted by molar-refractivity contribution is -0.135. The number of nitrogens with zero attached hydrogens (tertiary/aromatic N) is 3. The van der Waals surface area contributed by atoms with E-state index in [1.165, 1.54) is 6.07 Å². The van der Waals surface area contributed by atoms with E-state index in [-0.39, 0.29) is 11.7 Å². The van der Waals surface area contributed by atoms with Crippen molar-refractivity contribution >= 4 is 5.91 Å². The molecule has 2 heterocycles. The van der Waals surface area contributed by atoms with Crippen molar-refractivity contribution in [1.29, 1.82) is 0 Å². The molecule has 3 rings (SSSR count). The lowest BCUT2D eigenvalue weighted by atomic mass is 10.2. The Kier molecular flexibility index (Phi) is 5.59. The number of morpholine rings is 1. The van der Waals surface area contributed by atoms with E-state index >= 15 is 0 Å². The van der Waals surface area contributed by atoms with Crippen LogP contribution in [0.2, 0.25) is 0 Å². The number of rotatable bonds is 4. The van der Waals surface area contributed by atoms with Crippen molar-refractivity contribution in [3.63, 3.8) is 0 Å². The highest BCUT2D eigenvalue weighted by Crippen LogP contribution is 2.10. The molecule has 0 unspecified atom stereocenters. The van der Waals surface area contributed by atoms with Gasteiger partial charge in [-0.25, -0.2) is 4.39 Å². The predicted molar refractivity (Wildman–Crippen MR) is 85.5 cm³/mol. The standard InChI is InChI=1S/C17H24FN3O2/c18-16-3-1-2-15(12-16)13-19-4-6-21(7-5-19)17(22)14-20-8-10-23-11-9-20/h1-3,12H,4-11,13-14H2. The predicted octanol–water partition coefficient (Wildman–Crippen LogP) is 0.802. The van der Waals surface area contributed by atoms with Gasteiger partial charge in [-0.3, -0.25) is 14.6 Å². The zero-order chi connectivity index (χ0) is 16.1. The van der Waals surface area contributed by atoms with Gasteiger partial charge >= 0.3 is 0 Å². The van der Waals surface area contributed by atoms with Crippen LogP contribution in [0.4, 0.5) is 4.39 Å². The Morgan fingerprint density at radius 2 is 1.78 bits per heavy atom. The number of hydrogen-bond donors (Lipinski definition) is 0. The van der Waals surface area contributed by atoms with Crippen LogP contribution in [0, 0.1) is 5.82 Å². The molecular formula is C17H24FN3O2. The van der Waals surface area contributed by atoms with Gasteiger partial charge in [0.1, 0.15) is 5.82 Å². The molecule has 2 aliphatic heterocycles. The van der Waals surface area contributed by atoms with Crippen LogP contribution in [0.1, 0.15) is 5.56 Å². The van der Waals surface area contributed by atoms with Crippen molar-refractivity contribution in [3.05, 3.63) is 35.6 Å². The maximum atomic E-state index is 13.2. The SMILES string of the molecule is O=C(CN1CCOCC1)N1CCN(Cc2cccc(F)c2)CC1. The first-order chi connectivity index (χ1) is 11.2. The van der Waals surface area contributed by atoms with E-state index in [4.69, 9.17) is 4.74 Å². The third kappa shape index (κ3) is 4.73. The minimum Gasteiger partial charge on any atom is -0.379 e. The highest BCUT2D eigenvalue weighted by atomic mass is 19.1. The number of halogens is 1. The maximum absolute atomic E-state index is 13.2. The molecule has 0 aliphatic carbocycles. The van der Waals surface area contributed by atoms with Crippen LogP contribution >= 0.6 is 0 Å². The summed E-state index contributed by atoms with van der Waals surface area (Å²) in [5.74, 6) is 0.0131. The summed E-state index contributed by atoms with van der Waals surface area (Å²) in [4.78, 5) is 18.7. The molecule has 0 spiro atoms. The largest absolute Gasteiger partial charge is 0.379 e. The van der Waals surface area contributed by atoms with E-state index in [9.17, 15) is 9.18 Å². The van der Waals surface area contributed by atoms with Crippen molar-refractivity contribution in [2.24, 2.45) is 0 Å². The number of carbonyl (C=O) groups excluding carboxylic acids is 1. The third-order valence-corrected chi connectivity index (χ3v) is 4.48. The number of benzene rings is 1. The summed E-state index contributed by atoms with van der Waals surface area (Å²) >= 11 is 0. The second kappa shape index (κ2) is 7.86. The second-order valence-electron chi connectivity index (χ2n) is 6.18. The second-order valence-corrected chi connectivity index (χ2v) is 6.18. The van der Waals surface area contributed by atoms with Gasteiger partial charge in [-0.2, -0.15) is 0 Å². The Hall–Kier alpha value is -1.50. The molecule has 1 aromatic carbocycles. The quantitative estimate of drug-likeness (QED) is 0.822. The summed E-state index contributed by atoms with van der Waals surface area (Å²) in [6.07, 6.45) is 0. The van der Waals surface area contributed by atoms with Crippen molar-refractivity contribution in [2.45, 2.75) is 6.54 Å². The van der Waals surface area contributed by atoms with E-state index < -0.39 is 0 Å². The zero-order valence-electron chi connectivity index (χ0n) is 13.4. The summed E-state index contributed by atoms with van der Waals surface area (Å²) in [5, 5.41) is 0. The van der Waals surface area contributed by atoms with Crippen LogP contribution in [-0.4, -0.2) is 79.6 Å². The molecule has 1 aromatic rings. The van der Waals surface area contributed by atoms with E-state index in [1.54, 1.807) is 12.1 Å². The molecule has 0 radical (unpaired) electrons. The molecule has 2 fully saturated rings. The Morgan fingerprint density at radius 3 is 2.48 bits per heavy atom. The number of piperazine rings is 1. The fourth-order valence-electron chi connectivity index (χ4n) is 3.10. The normalized spacial score (nSPS) is 20.7. The van der Waals surface area contributed by atoms with E-state index in [1.807, 2.05) is 11.0 Å². The molecule has 0 bridgehead atoms. The maximum Gasteiger partial charge on any atom is 0.236 e. The summed E-state index contributed by atoms with van der Waals surface area (Å²) in [6.45, 7) is 7.52. The van der Waals surface area contributed by atoms with Gasteiger partial charge in [-0.15, -0.1) is 0 Å². The van der Waals surface area contributed by atoms with Crippen LogP contribution < -0.4 is 0 Å². The lowest BCUT2D eigenvalue weighted by Crippen LogP contribution is -2.51. The summed E-state index contributed by atoms with van der Waals surface area (Å²) < 4.78 is 18.5. The van der Waals surface area contributed by atoms with Gasteiger partial charge in [0.2, 0.25) is 5.91 Å². The molecule has 0 atom stereocenters. The Bertz CT molecular complexity index is 526. The summed E-state index contributed by atoms with van der Waals surface area (Å²) in [7, 11) is 0. The zero-order valence-corrected chi connectivity index (χ0v) is 13.4. The monoisotopic (exact) mass is 321 g/mol. The first-order valence-corrected chi connectivity index (χ1v) is 8.25. The van der Waals surface area contributed by atoms with E-state index in [0.717, 1.165) is 51.4 Å². The number of carbonyl (C=O) groups is 1. The highest BCUT2D eigenvalue weighted by Gasteiger charge is 2.23. The molecular weight excluding hydrogens is 297 g/mol. The fourth-order valence-corrected chi connectivity index (χ4v) is 3.10. The average molecular weight is 321 g/mol. The smallest absolute Gasteiger partial charge is 0.236 e.